The zero-order valence-corrected chi connectivity index (χ0v) is 8.62. The lowest BCUT2D eigenvalue weighted by atomic mass is 10.00. The van der Waals surface area contributed by atoms with Crippen LogP contribution in [-0.4, -0.2) is 36.5 Å². The predicted molar refractivity (Wildman–Crippen MR) is 52.7 cm³/mol. The summed E-state index contributed by atoms with van der Waals surface area (Å²) in [5, 5.41) is 12.1. The smallest absolute Gasteiger partial charge is 0.0565 e. The summed E-state index contributed by atoms with van der Waals surface area (Å²) in [6, 6.07) is 0.574. The Morgan fingerprint density at radius 1 is 1.31 bits per heavy atom. The van der Waals surface area contributed by atoms with Gasteiger partial charge < -0.3 is 15.2 Å². The van der Waals surface area contributed by atoms with E-state index in [9.17, 15) is 0 Å². The Morgan fingerprint density at radius 3 is 2.46 bits per heavy atom. The zero-order valence-electron chi connectivity index (χ0n) is 8.62. The van der Waals surface area contributed by atoms with E-state index in [2.05, 4.69) is 19.2 Å². The van der Waals surface area contributed by atoms with Crippen molar-refractivity contribution in [1.82, 2.24) is 5.32 Å². The van der Waals surface area contributed by atoms with Crippen LogP contribution in [0.4, 0.5) is 0 Å². The monoisotopic (exact) mass is 187 g/mol. The van der Waals surface area contributed by atoms with Gasteiger partial charge in [-0.15, -0.1) is 0 Å². The summed E-state index contributed by atoms with van der Waals surface area (Å²) in [4.78, 5) is 0. The lowest BCUT2D eigenvalue weighted by molar-refractivity contribution is -0.0420. The molecule has 1 rings (SSSR count). The molecule has 0 bridgehead atoms. The number of aliphatic hydroxyl groups excluding tert-OH is 1. The normalized spacial score (nSPS) is 34.8. The van der Waals surface area contributed by atoms with Crippen molar-refractivity contribution in [2.24, 2.45) is 0 Å². The molecule has 1 heterocycles. The van der Waals surface area contributed by atoms with Crippen molar-refractivity contribution in [3.8, 4) is 0 Å². The van der Waals surface area contributed by atoms with E-state index >= 15 is 0 Å². The van der Waals surface area contributed by atoms with Crippen molar-refractivity contribution in [3.63, 3.8) is 0 Å². The molecule has 0 aromatic rings. The van der Waals surface area contributed by atoms with Gasteiger partial charge in [-0.1, -0.05) is 0 Å². The largest absolute Gasteiger partial charge is 0.396 e. The highest BCUT2D eigenvalue weighted by molar-refractivity contribution is 4.78. The molecule has 0 saturated carbocycles. The highest BCUT2D eigenvalue weighted by Gasteiger charge is 2.23. The lowest BCUT2D eigenvalue weighted by Crippen LogP contribution is -2.41. The van der Waals surface area contributed by atoms with Crippen LogP contribution in [0.3, 0.4) is 0 Å². The number of rotatable bonds is 4. The molecule has 0 aromatic carbocycles. The van der Waals surface area contributed by atoms with E-state index in [1.54, 1.807) is 0 Å². The Balaban J connectivity index is 2.17. The van der Waals surface area contributed by atoms with Gasteiger partial charge in [0.1, 0.15) is 0 Å². The van der Waals surface area contributed by atoms with E-state index < -0.39 is 0 Å². The molecular formula is C10H21NO2. The minimum Gasteiger partial charge on any atom is -0.396 e. The van der Waals surface area contributed by atoms with Gasteiger partial charge in [-0.3, -0.25) is 0 Å². The molecule has 0 spiro atoms. The number of hydrogen-bond acceptors (Lipinski definition) is 3. The van der Waals surface area contributed by atoms with Crippen LogP contribution >= 0.6 is 0 Å². The van der Waals surface area contributed by atoms with E-state index in [1.807, 2.05) is 0 Å². The Labute approximate surface area is 80.5 Å². The molecule has 3 nitrogen and oxygen atoms in total. The van der Waals surface area contributed by atoms with Crippen molar-refractivity contribution in [3.05, 3.63) is 0 Å². The summed E-state index contributed by atoms with van der Waals surface area (Å²) in [6.45, 7) is 5.44. The number of aliphatic hydroxyl groups is 1. The maximum Gasteiger partial charge on any atom is 0.0565 e. The second-order valence-electron chi connectivity index (χ2n) is 3.96. The molecule has 1 aliphatic rings. The molecule has 1 fully saturated rings. The SMILES string of the molecule is C[C@@H]1CC(NCCCO)C[C@@H](C)O1. The quantitative estimate of drug-likeness (QED) is 0.643. The van der Waals surface area contributed by atoms with Gasteiger partial charge in [0, 0.05) is 12.6 Å². The van der Waals surface area contributed by atoms with Gasteiger partial charge in [0.2, 0.25) is 0 Å². The minimum absolute atomic E-state index is 0.279. The fourth-order valence-corrected chi connectivity index (χ4v) is 1.96. The first kappa shape index (κ1) is 11.0. The maximum atomic E-state index is 8.64. The summed E-state index contributed by atoms with van der Waals surface area (Å²) in [5.41, 5.74) is 0. The highest BCUT2D eigenvalue weighted by atomic mass is 16.5. The van der Waals surface area contributed by atoms with Gasteiger partial charge in [0.05, 0.1) is 12.2 Å². The molecule has 0 aliphatic carbocycles. The first-order valence-electron chi connectivity index (χ1n) is 5.22. The third-order valence-corrected chi connectivity index (χ3v) is 2.47. The molecule has 1 aliphatic heterocycles. The van der Waals surface area contributed by atoms with Crippen molar-refractivity contribution < 1.29 is 9.84 Å². The van der Waals surface area contributed by atoms with Crippen LogP contribution in [0.1, 0.15) is 33.1 Å². The van der Waals surface area contributed by atoms with E-state index in [0.717, 1.165) is 25.8 Å². The molecule has 0 aromatic heterocycles. The van der Waals surface area contributed by atoms with Crippen LogP contribution in [0.5, 0.6) is 0 Å². The van der Waals surface area contributed by atoms with Crippen LogP contribution in [0.15, 0.2) is 0 Å². The average molecular weight is 187 g/mol. The van der Waals surface area contributed by atoms with Gasteiger partial charge in [0.25, 0.3) is 0 Å². The fraction of sp³-hybridized carbons (Fsp3) is 1.00. The van der Waals surface area contributed by atoms with Gasteiger partial charge >= 0.3 is 0 Å². The Hall–Kier alpha value is -0.120. The third kappa shape index (κ3) is 4.07. The van der Waals surface area contributed by atoms with E-state index in [4.69, 9.17) is 9.84 Å². The minimum atomic E-state index is 0.279. The van der Waals surface area contributed by atoms with Crippen LogP contribution in [0, 0.1) is 0 Å². The van der Waals surface area contributed by atoms with Crippen molar-refractivity contribution in [2.75, 3.05) is 13.2 Å². The molecule has 0 amide bonds. The van der Waals surface area contributed by atoms with Crippen LogP contribution in [0.25, 0.3) is 0 Å². The van der Waals surface area contributed by atoms with Gasteiger partial charge in [0.15, 0.2) is 0 Å². The molecule has 0 unspecified atom stereocenters. The first-order valence-corrected chi connectivity index (χ1v) is 5.22. The van der Waals surface area contributed by atoms with Gasteiger partial charge in [-0.2, -0.15) is 0 Å². The Bertz CT molecular complexity index is 131. The first-order chi connectivity index (χ1) is 6.22. The van der Waals surface area contributed by atoms with E-state index in [1.165, 1.54) is 0 Å². The summed E-state index contributed by atoms with van der Waals surface area (Å²) in [6.07, 6.45) is 3.77. The second-order valence-corrected chi connectivity index (χ2v) is 3.96. The van der Waals surface area contributed by atoms with Crippen molar-refractivity contribution in [2.45, 2.75) is 51.4 Å². The fourth-order valence-electron chi connectivity index (χ4n) is 1.96. The molecule has 1 saturated heterocycles. The van der Waals surface area contributed by atoms with Crippen molar-refractivity contribution >= 4 is 0 Å². The standard InChI is InChI=1S/C10H21NO2/c1-8-6-10(7-9(2)13-8)11-4-3-5-12/h8-12H,3-7H2,1-2H3/t8-,9-/m1/s1. The van der Waals surface area contributed by atoms with E-state index in [0.29, 0.717) is 18.2 Å². The summed E-state index contributed by atoms with van der Waals surface area (Å²) < 4.78 is 5.63. The molecule has 3 heteroatoms. The average Bonchev–Trinajstić information content (AvgIpc) is 2.03. The lowest BCUT2D eigenvalue weighted by Gasteiger charge is -2.32. The predicted octanol–water partition coefficient (Wildman–Crippen LogP) is 0.914. The zero-order chi connectivity index (χ0) is 9.68. The summed E-state index contributed by atoms with van der Waals surface area (Å²) in [7, 11) is 0. The molecule has 0 radical (unpaired) electrons. The van der Waals surface area contributed by atoms with Gasteiger partial charge in [-0.05, 0) is 39.7 Å². The molecular weight excluding hydrogens is 166 g/mol. The van der Waals surface area contributed by atoms with Crippen LogP contribution < -0.4 is 5.32 Å². The van der Waals surface area contributed by atoms with E-state index in [-0.39, 0.29) is 6.61 Å². The van der Waals surface area contributed by atoms with Crippen molar-refractivity contribution in [1.29, 1.82) is 0 Å². The highest BCUT2D eigenvalue weighted by Crippen LogP contribution is 2.18. The number of nitrogens with one attached hydrogen (secondary N) is 1. The molecule has 2 atom stereocenters. The third-order valence-electron chi connectivity index (χ3n) is 2.47. The topological polar surface area (TPSA) is 41.5 Å². The van der Waals surface area contributed by atoms with Gasteiger partial charge in [-0.25, -0.2) is 0 Å². The summed E-state index contributed by atoms with van der Waals surface area (Å²) >= 11 is 0. The maximum absolute atomic E-state index is 8.64. The van der Waals surface area contributed by atoms with Crippen LogP contribution in [-0.2, 0) is 4.74 Å². The molecule has 2 N–H and O–H groups in total. The van der Waals surface area contributed by atoms with Crippen LogP contribution in [0.2, 0.25) is 0 Å². The molecule has 13 heavy (non-hydrogen) atoms. The molecule has 78 valence electrons. The Kier molecular flexibility index (Phi) is 4.70. The number of hydrogen-bond donors (Lipinski definition) is 2. The second kappa shape index (κ2) is 5.58. The number of ether oxygens (including phenoxy) is 1. The Morgan fingerprint density at radius 2 is 1.92 bits per heavy atom. The summed E-state index contributed by atoms with van der Waals surface area (Å²) in [5.74, 6) is 0.